The van der Waals surface area contributed by atoms with E-state index in [2.05, 4.69) is 21.0 Å². The standard InChI is InChI=1S/C11H8ClN3S/c12-4-8-6-14-11(15-8)7-3-10-9(13-5-7)1-2-16-10/h1-3,5-6H,4H2,(H,14,15). The summed E-state index contributed by atoms with van der Waals surface area (Å²) in [7, 11) is 0. The molecule has 3 aromatic rings. The fourth-order valence-corrected chi connectivity index (χ4v) is 2.47. The minimum Gasteiger partial charge on any atom is -0.341 e. The van der Waals surface area contributed by atoms with Crippen molar-refractivity contribution in [1.29, 1.82) is 0 Å². The van der Waals surface area contributed by atoms with Crippen LogP contribution in [0.15, 0.2) is 29.9 Å². The zero-order valence-corrected chi connectivity index (χ0v) is 9.85. The Morgan fingerprint density at radius 3 is 3.06 bits per heavy atom. The van der Waals surface area contributed by atoms with E-state index in [1.165, 1.54) is 4.70 Å². The second-order valence-electron chi connectivity index (χ2n) is 3.42. The highest BCUT2D eigenvalue weighted by molar-refractivity contribution is 7.17. The van der Waals surface area contributed by atoms with Gasteiger partial charge in [0.2, 0.25) is 0 Å². The zero-order valence-electron chi connectivity index (χ0n) is 8.27. The van der Waals surface area contributed by atoms with E-state index >= 15 is 0 Å². The Bertz CT molecular complexity index is 629. The van der Waals surface area contributed by atoms with E-state index < -0.39 is 0 Å². The molecule has 0 aliphatic carbocycles. The molecule has 0 aliphatic rings. The van der Waals surface area contributed by atoms with E-state index in [0.29, 0.717) is 5.88 Å². The van der Waals surface area contributed by atoms with Gasteiger partial charge in [0.05, 0.1) is 16.1 Å². The largest absolute Gasteiger partial charge is 0.341 e. The van der Waals surface area contributed by atoms with Crippen LogP contribution in [0, 0.1) is 0 Å². The number of aromatic amines is 1. The Kier molecular flexibility index (Phi) is 2.38. The molecule has 0 aliphatic heterocycles. The van der Waals surface area contributed by atoms with Crippen LogP contribution in [0.3, 0.4) is 0 Å². The molecule has 0 saturated carbocycles. The highest BCUT2D eigenvalue weighted by Gasteiger charge is 2.05. The van der Waals surface area contributed by atoms with Gasteiger partial charge < -0.3 is 4.98 Å². The van der Waals surface area contributed by atoms with Crippen LogP contribution in [0.5, 0.6) is 0 Å². The third kappa shape index (κ3) is 1.60. The summed E-state index contributed by atoms with van der Waals surface area (Å²) in [5, 5.41) is 2.04. The van der Waals surface area contributed by atoms with Crippen molar-refractivity contribution in [2.24, 2.45) is 0 Å². The molecule has 0 bridgehead atoms. The van der Waals surface area contributed by atoms with E-state index in [1.807, 2.05) is 17.6 Å². The lowest BCUT2D eigenvalue weighted by atomic mass is 10.2. The molecule has 0 amide bonds. The maximum Gasteiger partial charge on any atom is 0.139 e. The number of rotatable bonds is 2. The molecule has 80 valence electrons. The summed E-state index contributed by atoms with van der Waals surface area (Å²) in [5.74, 6) is 1.26. The first kappa shape index (κ1) is 9.81. The minimum absolute atomic E-state index is 0.446. The Hall–Kier alpha value is -1.39. The van der Waals surface area contributed by atoms with E-state index in [9.17, 15) is 0 Å². The molecule has 5 heteroatoms. The quantitative estimate of drug-likeness (QED) is 0.707. The number of hydrogen-bond donors (Lipinski definition) is 1. The van der Waals surface area contributed by atoms with Gasteiger partial charge in [-0.2, -0.15) is 0 Å². The molecular weight excluding hydrogens is 242 g/mol. The SMILES string of the molecule is ClCc1cnc(-c2cnc3ccsc3c2)[nH]1. The molecule has 0 spiro atoms. The molecular formula is C11H8ClN3S. The van der Waals surface area contributed by atoms with Gasteiger partial charge in [0.15, 0.2) is 0 Å². The molecule has 3 nitrogen and oxygen atoms in total. The average Bonchev–Trinajstić information content (AvgIpc) is 2.96. The fourth-order valence-electron chi connectivity index (χ4n) is 1.55. The van der Waals surface area contributed by atoms with Gasteiger partial charge in [0.1, 0.15) is 5.82 Å². The Morgan fingerprint density at radius 1 is 1.31 bits per heavy atom. The second kappa shape index (κ2) is 3.88. The topological polar surface area (TPSA) is 41.6 Å². The highest BCUT2D eigenvalue weighted by Crippen LogP contribution is 2.24. The Morgan fingerprint density at radius 2 is 2.25 bits per heavy atom. The number of halogens is 1. The van der Waals surface area contributed by atoms with Gasteiger partial charge in [-0.15, -0.1) is 22.9 Å². The molecule has 3 heterocycles. The third-order valence-corrected chi connectivity index (χ3v) is 3.49. The summed E-state index contributed by atoms with van der Waals surface area (Å²) >= 11 is 7.40. The van der Waals surface area contributed by atoms with Gasteiger partial charge in [-0.3, -0.25) is 4.98 Å². The third-order valence-electron chi connectivity index (χ3n) is 2.35. The van der Waals surface area contributed by atoms with Crippen LogP contribution in [0.1, 0.15) is 5.69 Å². The lowest BCUT2D eigenvalue weighted by Gasteiger charge is -1.96. The Balaban J connectivity index is 2.10. The molecule has 0 atom stereocenters. The van der Waals surface area contributed by atoms with Crippen LogP contribution in [0.2, 0.25) is 0 Å². The van der Waals surface area contributed by atoms with Crippen molar-refractivity contribution < 1.29 is 0 Å². The molecule has 0 unspecified atom stereocenters. The van der Waals surface area contributed by atoms with Crippen molar-refractivity contribution in [1.82, 2.24) is 15.0 Å². The molecule has 3 aromatic heterocycles. The normalized spacial score (nSPS) is 11.1. The van der Waals surface area contributed by atoms with Gasteiger partial charge in [-0.25, -0.2) is 4.98 Å². The maximum absolute atomic E-state index is 5.72. The summed E-state index contributed by atoms with van der Waals surface area (Å²) in [6.45, 7) is 0. The van der Waals surface area contributed by atoms with Crippen molar-refractivity contribution in [3.63, 3.8) is 0 Å². The van der Waals surface area contributed by atoms with Gasteiger partial charge >= 0.3 is 0 Å². The maximum atomic E-state index is 5.72. The van der Waals surface area contributed by atoms with E-state index in [1.54, 1.807) is 17.5 Å². The number of alkyl halides is 1. The van der Waals surface area contributed by atoms with Crippen LogP contribution in [-0.2, 0) is 5.88 Å². The monoisotopic (exact) mass is 249 g/mol. The van der Waals surface area contributed by atoms with Crippen molar-refractivity contribution >= 4 is 33.2 Å². The molecule has 0 radical (unpaired) electrons. The second-order valence-corrected chi connectivity index (χ2v) is 4.63. The predicted octanol–water partition coefficient (Wildman–Crippen LogP) is 3.43. The van der Waals surface area contributed by atoms with Crippen molar-refractivity contribution in [2.45, 2.75) is 5.88 Å². The van der Waals surface area contributed by atoms with Gasteiger partial charge in [0.25, 0.3) is 0 Å². The summed E-state index contributed by atoms with van der Waals surface area (Å²) < 4.78 is 1.17. The first-order valence-electron chi connectivity index (χ1n) is 4.80. The minimum atomic E-state index is 0.446. The number of thiophene rings is 1. The van der Waals surface area contributed by atoms with E-state index in [-0.39, 0.29) is 0 Å². The van der Waals surface area contributed by atoms with Crippen LogP contribution in [0.25, 0.3) is 21.6 Å². The van der Waals surface area contributed by atoms with Gasteiger partial charge in [-0.05, 0) is 17.5 Å². The number of nitrogens with zero attached hydrogens (tertiary/aromatic N) is 2. The molecule has 1 N–H and O–H groups in total. The van der Waals surface area contributed by atoms with Crippen LogP contribution >= 0.6 is 22.9 Å². The van der Waals surface area contributed by atoms with Crippen molar-refractivity contribution in [3.8, 4) is 11.4 Å². The Labute approximate surface area is 101 Å². The number of pyridine rings is 1. The van der Waals surface area contributed by atoms with Crippen LogP contribution < -0.4 is 0 Å². The first-order valence-corrected chi connectivity index (χ1v) is 6.22. The number of H-pyrrole nitrogens is 1. The van der Waals surface area contributed by atoms with Crippen LogP contribution in [0.4, 0.5) is 0 Å². The molecule has 0 fully saturated rings. The van der Waals surface area contributed by atoms with Gasteiger partial charge in [-0.1, -0.05) is 0 Å². The number of fused-ring (bicyclic) bond motifs is 1. The van der Waals surface area contributed by atoms with E-state index in [4.69, 9.17) is 11.6 Å². The smallest absolute Gasteiger partial charge is 0.139 e. The lowest BCUT2D eigenvalue weighted by molar-refractivity contribution is 1.22. The zero-order chi connectivity index (χ0) is 11.0. The molecule has 0 aromatic carbocycles. The molecule has 16 heavy (non-hydrogen) atoms. The average molecular weight is 250 g/mol. The van der Waals surface area contributed by atoms with Crippen molar-refractivity contribution in [2.75, 3.05) is 0 Å². The number of aromatic nitrogens is 3. The van der Waals surface area contributed by atoms with Crippen LogP contribution in [-0.4, -0.2) is 15.0 Å². The van der Waals surface area contributed by atoms with E-state index in [0.717, 1.165) is 22.6 Å². The highest BCUT2D eigenvalue weighted by atomic mass is 35.5. The molecule has 0 saturated heterocycles. The van der Waals surface area contributed by atoms with Crippen molar-refractivity contribution in [3.05, 3.63) is 35.6 Å². The number of imidazole rings is 1. The molecule has 3 rings (SSSR count). The summed E-state index contributed by atoms with van der Waals surface area (Å²) in [4.78, 5) is 11.8. The summed E-state index contributed by atoms with van der Waals surface area (Å²) in [5.41, 5.74) is 2.94. The van der Waals surface area contributed by atoms with Gasteiger partial charge in [0, 0.05) is 23.7 Å². The predicted molar refractivity (Wildman–Crippen MR) is 66.8 cm³/mol. The first-order chi connectivity index (χ1) is 7.86. The summed E-state index contributed by atoms with van der Waals surface area (Å²) in [6, 6.07) is 4.10. The lowest BCUT2D eigenvalue weighted by Crippen LogP contribution is -1.83. The fraction of sp³-hybridized carbons (Fsp3) is 0.0909. The number of nitrogens with one attached hydrogen (secondary N) is 1. The summed E-state index contributed by atoms with van der Waals surface area (Å²) in [6.07, 6.45) is 3.58. The number of hydrogen-bond acceptors (Lipinski definition) is 3.